The van der Waals surface area contributed by atoms with Gasteiger partial charge in [-0.3, -0.25) is 0 Å². The van der Waals surface area contributed by atoms with Crippen LogP contribution in [0, 0.1) is 0 Å². The molecule has 22 heavy (non-hydrogen) atoms. The van der Waals surface area contributed by atoms with E-state index in [0.717, 1.165) is 17.5 Å². The van der Waals surface area contributed by atoms with Crippen LogP contribution >= 0.6 is 0 Å². The molecule has 0 aliphatic heterocycles. The number of para-hydroxylation sites is 1. The van der Waals surface area contributed by atoms with Gasteiger partial charge in [0.25, 0.3) is 0 Å². The average Bonchev–Trinajstić information content (AvgIpc) is 2.58. The van der Waals surface area contributed by atoms with Crippen LogP contribution in [-0.2, 0) is 6.42 Å². The number of phenols is 1. The summed E-state index contributed by atoms with van der Waals surface area (Å²) in [7, 11) is 0. The van der Waals surface area contributed by atoms with Gasteiger partial charge in [-0.05, 0) is 23.6 Å². The highest BCUT2D eigenvalue weighted by Gasteiger charge is 2.00. The molecule has 3 aromatic rings. The molecule has 0 amide bonds. The molecule has 0 aromatic heterocycles. The van der Waals surface area contributed by atoms with Gasteiger partial charge in [-0.15, -0.1) is 0 Å². The number of hydrogen-bond acceptors (Lipinski definition) is 2. The lowest BCUT2D eigenvalue weighted by molar-refractivity contribution is 0.299. The van der Waals surface area contributed by atoms with Crippen molar-refractivity contribution in [1.29, 1.82) is 0 Å². The Hall–Kier alpha value is -2.58. The van der Waals surface area contributed by atoms with Crippen LogP contribution in [0.15, 0.2) is 84.9 Å². The lowest BCUT2D eigenvalue weighted by atomic mass is 10.1. The molecule has 2 heteroatoms. The van der Waals surface area contributed by atoms with Crippen molar-refractivity contribution in [2.75, 3.05) is 6.61 Å². The summed E-state index contributed by atoms with van der Waals surface area (Å²) in [5.41, 5.74) is 3.11. The molecule has 0 fully saturated rings. The van der Waals surface area contributed by atoms with Gasteiger partial charge in [-0.1, -0.05) is 78.9 Å². The van der Waals surface area contributed by atoms with Gasteiger partial charge in [-0.25, -0.2) is 0 Å². The van der Waals surface area contributed by atoms with E-state index < -0.39 is 0 Å². The molecule has 0 spiro atoms. The van der Waals surface area contributed by atoms with Crippen molar-refractivity contribution in [1.82, 2.24) is 0 Å². The number of aromatic hydroxyl groups is 1. The first-order valence-electron chi connectivity index (χ1n) is 7.29. The van der Waals surface area contributed by atoms with Crippen molar-refractivity contribution in [3.8, 4) is 16.9 Å². The van der Waals surface area contributed by atoms with Gasteiger partial charge >= 0.3 is 0 Å². The molecule has 112 valence electrons. The molecule has 0 saturated carbocycles. The van der Waals surface area contributed by atoms with E-state index in [1.165, 1.54) is 5.56 Å². The Morgan fingerprint density at radius 1 is 0.636 bits per heavy atom. The second-order valence-corrected chi connectivity index (χ2v) is 4.84. The molecule has 0 saturated heterocycles. The van der Waals surface area contributed by atoms with Crippen molar-refractivity contribution in [3.63, 3.8) is 0 Å². The van der Waals surface area contributed by atoms with Crippen LogP contribution in [0.25, 0.3) is 11.1 Å². The van der Waals surface area contributed by atoms with Crippen LogP contribution in [0.3, 0.4) is 0 Å². The minimum absolute atomic E-state index is 0.240. The van der Waals surface area contributed by atoms with Crippen molar-refractivity contribution in [3.05, 3.63) is 90.5 Å². The quantitative estimate of drug-likeness (QED) is 0.756. The topological polar surface area (TPSA) is 40.5 Å². The second-order valence-electron chi connectivity index (χ2n) is 4.84. The van der Waals surface area contributed by atoms with E-state index in [4.69, 9.17) is 5.11 Å². The standard InChI is InChI=1S/C12H10O.C8H10O/c13-12-9-5-4-8-11(12)10-6-2-1-3-7-10;9-7-6-8-4-2-1-3-5-8/h1-9,13H;1-5,9H,6-7H2. The van der Waals surface area contributed by atoms with Crippen molar-refractivity contribution in [2.24, 2.45) is 0 Å². The van der Waals surface area contributed by atoms with Gasteiger partial charge in [0.2, 0.25) is 0 Å². The predicted octanol–water partition coefficient (Wildman–Crippen LogP) is 4.28. The molecule has 0 unspecified atom stereocenters. The number of hydrogen-bond donors (Lipinski definition) is 2. The molecule has 3 rings (SSSR count). The normalized spacial score (nSPS) is 9.68. The molecule has 0 radical (unpaired) electrons. The summed E-state index contributed by atoms with van der Waals surface area (Å²) in [6.45, 7) is 0.240. The zero-order valence-electron chi connectivity index (χ0n) is 12.4. The third-order valence-electron chi connectivity index (χ3n) is 3.23. The average molecular weight is 292 g/mol. The summed E-state index contributed by atoms with van der Waals surface area (Å²) in [4.78, 5) is 0. The minimum atomic E-state index is 0.240. The molecular formula is C20H20O2. The zero-order chi connectivity index (χ0) is 15.6. The molecule has 0 bridgehead atoms. The highest BCUT2D eigenvalue weighted by atomic mass is 16.3. The largest absolute Gasteiger partial charge is 0.507 e. The van der Waals surface area contributed by atoms with Gasteiger partial charge in [0.1, 0.15) is 5.75 Å². The van der Waals surface area contributed by atoms with E-state index in [2.05, 4.69) is 0 Å². The predicted molar refractivity (Wildman–Crippen MR) is 90.8 cm³/mol. The van der Waals surface area contributed by atoms with Crippen molar-refractivity contribution < 1.29 is 10.2 Å². The van der Waals surface area contributed by atoms with E-state index in [0.29, 0.717) is 5.75 Å². The summed E-state index contributed by atoms with van der Waals surface area (Å²) in [6, 6.07) is 27.1. The molecular weight excluding hydrogens is 272 g/mol. The second kappa shape index (κ2) is 8.65. The Labute approximate surface area is 131 Å². The summed E-state index contributed by atoms with van der Waals surface area (Å²) in [5, 5.41) is 18.1. The van der Waals surface area contributed by atoms with Crippen LogP contribution in [0.5, 0.6) is 5.75 Å². The third kappa shape index (κ3) is 4.76. The zero-order valence-corrected chi connectivity index (χ0v) is 12.4. The van der Waals surface area contributed by atoms with Gasteiger partial charge in [-0.2, -0.15) is 0 Å². The fourth-order valence-electron chi connectivity index (χ4n) is 2.11. The smallest absolute Gasteiger partial charge is 0.123 e. The fourth-order valence-corrected chi connectivity index (χ4v) is 2.11. The van der Waals surface area contributed by atoms with Crippen LogP contribution < -0.4 is 0 Å². The lowest BCUT2D eigenvalue weighted by Gasteiger charge is -2.02. The number of benzene rings is 3. The Bertz CT molecular complexity index is 664. The third-order valence-corrected chi connectivity index (χ3v) is 3.23. The maximum absolute atomic E-state index is 9.56. The molecule has 2 N–H and O–H groups in total. The lowest BCUT2D eigenvalue weighted by Crippen LogP contribution is -1.88. The van der Waals surface area contributed by atoms with E-state index in [-0.39, 0.29) is 6.61 Å². The van der Waals surface area contributed by atoms with E-state index >= 15 is 0 Å². The van der Waals surface area contributed by atoms with Crippen LogP contribution in [0.2, 0.25) is 0 Å². The molecule has 0 aliphatic carbocycles. The van der Waals surface area contributed by atoms with Crippen molar-refractivity contribution >= 4 is 0 Å². The summed E-state index contributed by atoms with van der Waals surface area (Å²) in [5.74, 6) is 0.328. The van der Waals surface area contributed by atoms with Gasteiger partial charge in [0, 0.05) is 12.2 Å². The first kappa shape index (κ1) is 15.8. The SMILES string of the molecule is OCCc1ccccc1.Oc1ccccc1-c1ccccc1. The minimum Gasteiger partial charge on any atom is -0.507 e. The van der Waals surface area contributed by atoms with Crippen LogP contribution in [0.1, 0.15) is 5.56 Å². The summed E-state index contributed by atoms with van der Waals surface area (Å²) in [6.07, 6.45) is 0.765. The molecule has 0 aliphatic rings. The van der Waals surface area contributed by atoms with Crippen LogP contribution in [-0.4, -0.2) is 16.8 Å². The highest BCUT2D eigenvalue weighted by Crippen LogP contribution is 2.27. The highest BCUT2D eigenvalue weighted by molar-refractivity contribution is 5.69. The van der Waals surface area contributed by atoms with Crippen LogP contribution in [0.4, 0.5) is 0 Å². The monoisotopic (exact) mass is 292 g/mol. The Morgan fingerprint density at radius 3 is 1.77 bits per heavy atom. The molecule has 2 nitrogen and oxygen atoms in total. The van der Waals surface area contributed by atoms with E-state index in [9.17, 15) is 5.11 Å². The summed E-state index contributed by atoms with van der Waals surface area (Å²) < 4.78 is 0. The van der Waals surface area contributed by atoms with Gasteiger partial charge < -0.3 is 10.2 Å². The Balaban J connectivity index is 0.000000172. The van der Waals surface area contributed by atoms with Gasteiger partial charge in [0.15, 0.2) is 0 Å². The number of aliphatic hydroxyl groups is 1. The molecule has 0 heterocycles. The molecule has 0 atom stereocenters. The van der Waals surface area contributed by atoms with E-state index in [1.54, 1.807) is 6.07 Å². The van der Waals surface area contributed by atoms with Crippen molar-refractivity contribution in [2.45, 2.75) is 6.42 Å². The van der Waals surface area contributed by atoms with Gasteiger partial charge in [0.05, 0.1) is 0 Å². The number of phenolic OH excluding ortho intramolecular Hbond substituents is 1. The number of rotatable bonds is 3. The maximum Gasteiger partial charge on any atom is 0.123 e. The Kier molecular flexibility index (Phi) is 6.21. The first-order valence-corrected chi connectivity index (χ1v) is 7.29. The summed E-state index contributed by atoms with van der Waals surface area (Å²) >= 11 is 0. The first-order chi connectivity index (χ1) is 10.8. The Morgan fingerprint density at radius 2 is 1.18 bits per heavy atom. The maximum atomic E-state index is 9.56. The van der Waals surface area contributed by atoms with E-state index in [1.807, 2.05) is 78.9 Å². The fraction of sp³-hybridized carbons (Fsp3) is 0.100. The molecule has 3 aromatic carbocycles. The number of aliphatic hydroxyl groups excluding tert-OH is 1.